The molecule has 30 heavy (non-hydrogen) atoms. The molecule has 0 saturated carbocycles. The molecular formula is C23H26O7. The summed E-state index contributed by atoms with van der Waals surface area (Å²) in [6, 6.07) is 5.15. The summed E-state index contributed by atoms with van der Waals surface area (Å²) < 4.78 is 20.4. The highest BCUT2D eigenvalue weighted by molar-refractivity contribution is 5.87. The van der Waals surface area contributed by atoms with Crippen LogP contribution in [-0.4, -0.2) is 50.6 Å². The van der Waals surface area contributed by atoms with E-state index in [1.807, 2.05) is 0 Å². The summed E-state index contributed by atoms with van der Waals surface area (Å²) in [6.45, 7) is 6.37. The molecule has 0 bridgehead atoms. The zero-order valence-electron chi connectivity index (χ0n) is 17.1. The zero-order chi connectivity index (χ0) is 22.4. The van der Waals surface area contributed by atoms with Gasteiger partial charge in [0.15, 0.2) is 17.6 Å². The van der Waals surface area contributed by atoms with E-state index in [-0.39, 0.29) is 6.61 Å². The minimum atomic E-state index is -0.990. The van der Waals surface area contributed by atoms with Crippen LogP contribution in [0.25, 0.3) is 6.08 Å². The molecule has 7 heteroatoms. The Labute approximate surface area is 176 Å². The van der Waals surface area contributed by atoms with Crippen molar-refractivity contribution in [2.24, 2.45) is 0 Å². The van der Waals surface area contributed by atoms with Crippen LogP contribution >= 0.6 is 0 Å². The maximum atomic E-state index is 11.9. The van der Waals surface area contributed by atoms with Crippen molar-refractivity contribution in [1.29, 1.82) is 0 Å². The number of carbonyl (C=O) groups excluding carboxylic acids is 2. The number of rotatable bonds is 12. The van der Waals surface area contributed by atoms with Crippen molar-refractivity contribution in [3.63, 3.8) is 0 Å². The van der Waals surface area contributed by atoms with Gasteiger partial charge < -0.3 is 24.1 Å². The van der Waals surface area contributed by atoms with E-state index in [0.717, 1.165) is 0 Å². The highest BCUT2D eigenvalue weighted by Gasteiger charge is 2.14. The van der Waals surface area contributed by atoms with Crippen molar-refractivity contribution in [3.8, 4) is 11.5 Å². The van der Waals surface area contributed by atoms with Gasteiger partial charge in [0.2, 0.25) is 0 Å². The Balaban J connectivity index is 2.59. The lowest BCUT2D eigenvalue weighted by Gasteiger charge is -2.13. The van der Waals surface area contributed by atoms with Crippen LogP contribution in [0.3, 0.4) is 0 Å². The Morgan fingerprint density at radius 1 is 1.07 bits per heavy atom. The molecule has 1 N–H and O–H groups in total. The van der Waals surface area contributed by atoms with Gasteiger partial charge in [-0.25, -0.2) is 9.59 Å². The number of benzene rings is 1. The van der Waals surface area contributed by atoms with Gasteiger partial charge in [-0.05, 0) is 35.4 Å². The third kappa shape index (κ3) is 8.62. The van der Waals surface area contributed by atoms with Gasteiger partial charge in [0.1, 0.15) is 6.61 Å². The zero-order valence-corrected chi connectivity index (χ0v) is 17.1. The molecule has 1 unspecified atom stereocenters. The summed E-state index contributed by atoms with van der Waals surface area (Å²) in [5, 5.41) is 9.33. The van der Waals surface area contributed by atoms with E-state index in [0.29, 0.717) is 22.6 Å². The number of allylic oxidation sites excluding steroid dienone is 5. The molecule has 0 amide bonds. The van der Waals surface area contributed by atoms with Crippen molar-refractivity contribution in [2.45, 2.75) is 6.10 Å². The molecule has 0 aliphatic heterocycles. The molecule has 0 saturated heterocycles. The molecule has 0 aliphatic rings. The van der Waals surface area contributed by atoms with Crippen LogP contribution in [0.1, 0.15) is 5.56 Å². The topological polar surface area (TPSA) is 91.3 Å². The molecule has 0 radical (unpaired) electrons. The first-order valence-corrected chi connectivity index (χ1v) is 8.98. The minimum Gasteiger partial charge on any atom is -0.493 e. The maximum Gasteiger partial charge on any atom is 0.331 e. The average molecular weight is 414 g/mol. The van der Waals surface area contributed by atoms with Gasteiger partial charge in [0.05, 0.1) is 20.8 Å². The lowest BCUT2D eigenvalue weighted by atomic mass is 10.2. The molecule has 0 heterocycles. The number of esters is 2. The Morgan fingerprint density at radius 3 is 2.40 bits per heavy atom. The summed E-state index contributed by atoms with van der Waals surface area (Å²) in [5.41, 5.74) is 1.36. The monoisotopic (exact) mass is 414 g/mol. The average Bonchev–Trinajstić information content (AvgIpc) is 2.77. The van der Waals surface area contributed by atoms with E-state index < -0.39 is 24.6 Å². The van der Waals surface area contributed by atoms with Crippen LogP contribution in [0.15, 0.2) is 73.4 Å². The Hall–Kier alpha value is -3.58. The predicted molar refractivity (Wildman–Crippen MR) is 114 cm³/mol. The molecule has 0 aliphatic carbocycles. The standard InChI is InChI=1S/C23H26O7/c1-5-7-17(6-2)9-13-23(26)30-19(15-24)16-29-22(25)12-10-18-8-11-20(27-3)21(14-18)28-4/h5-14,19,24H,1-2,15-16H2,3-4H3/b12-10+,13-9+,17-7+. The van der Waals surface area contributed by atoms with Gasteiger partial charge in [-0.3, -0.25) is 0 Å². The summed E-state index contributed by atoms with van der Waals surface area (Å²) in [5.74, 6) is -0.254. The second-order valence-electron chi connectivity index (χ2n) is 5.76. The molecule has 1 atom stereocenters. The molecule has 1 aromatic rings. The number of carbonyl (C=O) groups is 2. The second-order valence-corrected chi connectivity index (χ2v) is 5.76. The second kappa shape index (κ2) is 13.6. The molecule has 0 spiro atoms. The summed E-state index contributed by atoms with van der Waals surface area (Å²) in [7, 11) is 3.04. The SMILES string of the molecule is C=C/C=C(C=C)/C=C/C(=O)OC(CO)COC(=O)/C=C/c1ccc(OC)c(OC)c1. The van der Waals surface area contributed by atoms with E-state index in [2.05, 4.69) is 13.2 Å². The minimum absolute atomic E-state index is 0.290. The molecule has 7 nitrogen and oxygen atoms in total. The van der Waals surface area contributed by atoms with Gasteiger partial charge in [-0.2, -0.15) is 0 Å². The fraction of sp³-hybridized carbons (Fsp3) is 0.217. The van der Waals surface area contributed by atoms with Crippen LogP contribution in [0.4, 0.5) is 0 Å². The summed E-state index contributed by atoms with van der Waals surface area (Å²) in [4.78, 5) is 23.7. The van der Waals surface area contributed by atoms with Crippen molar-refractivity contribution in [2.75, 3.05) is 27.4 Å². The van der Waals surface area contributed by atoms with E-state index in [1.165, 1.54) is 38.5 Å². The first kappa shape index (κ1) is 24.5. The highest BCUT2D eigenvalue weighted by Crippen LogP contribution is 2.27. The van der Waals surface area contributed by atoms with Crippen LogP contribution in [0.5, 0.6) is 11.5 Å². The number of hydrogen-bond acceptors (Lipinski definition) is 7. The van der Waals surface area contributed by atoms with Crippen molar-refractivity contribution >= 4 is 18.0 Å². The van der Waals surface area contributed by atoms with Crippen LogP contribution in [0.2, 0.25) is 0 Å². The van der Waals surface area contributed by atoms with Crippen LogP contribution in [-0.2, 0) is 19.1 Å². The molecule has 1 rings (SSSR count). The normalized spacial score (nSPS) is 12.4. The summed E-state index contributed by atoms with van der Waals surface area (Å²) >= 11 is 0. The first-order valence-electron chi connectivity index (χ1n) is 8.98. The smallest absolute Gasteiger partial charge is 0.331 e. The number of aliphatic hydroxyl groups excluding tert-OH is 1. The third-order valence-electron chi connectivity index (χ3n) is 3.68. The van der Waals surface area contributed by atoms with Gasteiger partial charge in [-0.1, -0.05) is 37.5 Å². The Morgan fingerprint density at radius 2 is 1.80 bits per heavy atom. The van der Waals surface area contributed by atoms with Crippen LogP contribution < -0.4 is 9.47 Å². The first-order chi connectivity index (χ1) is 14.5. The predicted octanol–water partition coefficient (Wildman–Crippen LogP) is 3.02. The van der Waals surface area contributed by atoms with Crippen molar-refractivity contribution < 1.29 is 33.6 Å². The molecule has 0 aromatic heterocycles. The highest BCUT2D eigenvalue weighted by atomic mass is 16.6. The lowest BCUT2D eigenvalue weighted by molar-refractivity contribution is -0.154. The fourth-order valence-electron chi connectivity index (χ4n) is 2.16. The van der Waals surface area contributed by atoms with Gasteiger partial charge in [0.25, 0.3) is 0 Å². The molecule has 160 valence electrons. The van der Waals surface area contributed by atoms with Crippen molar-refractivity contribution in [3.05, 3.63) is 78.9 Å². The Bertz CT molecular complexity index is 834. The maximum absolute atomic E-state index is 11.9. The number of methoxy groups -OCH3 is 2. The molecule has 0 fully saturated rings. The van der Waals surface area contributed by atoms with E-state index in [9.17, 15) is 14.7 Å². The molecule has 1 aromatic carbocycles. The number of aliphatic hydroxyl groups is 1. The van der Waals surface area contributed by atoms with Gasteiger partial charge >= 0.3 is 11.9 Å². The number of hydrogen-bond donors (Lipinski definition) is 1. The van der Waals surface area contributed by atoms with E-state index >= 15 is 0 Å². The quantitative estimate of drug-likeness (QED) is 0.319. The number of ether oxygens (including phenoxy) is 4. The lowest BCUT2D eigenvalue weighted by Crippen LogP contribution is -2.27. The largest absolute Gasteiger partial charge is 0.493 e. The van der Waals surface area contributed by atoms with E-state index in [1.54, 1.807) is 36.4 Å². The van der Waals surface area contributed by atoms with E-state index in [4.69, 9.17) is 18.9 Å². The third-order valence-corrected chi connectivity index (χ3v) is 3.68. The van der Waals surface area contributed by atoms with Crippen LogP contribution in [0, 0.1) is 0 Å². The van der Waals surface area contributed by atoms with Gasteiger partial charge in [0, 0.05) is 12.2 Å². The van der Waals surface area contributed by atoms with Gasteiger partial charge in [-0.15, -0.1) is 0 Å². The van der Waals surface area contributed by atoms with Crippen molar-refractivity contribution in [1.82, 2.24) is 0 Å². The molecular weight excluding hydrogens is 388 g/mol. The Kier molecular flexibility index (Phi) is 11.1. The fourth-order valence-corrected chi connectivity index (χ4v) is 2.16. The summed E-state index contributed by atoms with van der Waals surface area (Å²) in [6.07, 6.45) is 9.19.